The van der Waals surface area contributed by atoms with E-state index in [1.807, 2.05) is 19.1 Å². The molecule has 0 bridgehead atoms. The Bertz CT molecular complexity index is 928. The summed E-state index contributed by atoms with van der Waals surface area (Å²) in [5, 5.41) is 2.72. The van der Waals surface area contributed by atoms with E-state index in [0.717, 1.165) is 17.8 Å². The Morgan fingerprint density at radius 1 is 1.12 bits per heavy atom. The number of para-hydroxylation sites is 1. The van der Waals surface area contributed by atoms with E-state index in [1.165, 1.54) is 10.5 Å². The Morgan fingerprint density at radius 2 is 1.83 bits per heavy atom. The fraction of sp³-hybridized carbons (Fsp3) is 0.176. The number of carbonyl (C=O) groups is 1. The predicted octanol–water partition coefficient (Wildman–Crippen LogP) is 4.22. The van der Waals surface area contributed by atoms with E-state index >= 15 is 0 Å². The molecule has 7 heteroatoms. The van der Waals surface area contributed by atoms with E-state index in [9.17, 15) is 18.0 Å². The van der Waals surface area contributed by atoms with Crippen LogP contribution in [0.3, 0.4) is 0 Å². The number of fused-ring (bicyclic) bond motifs is 1. The van der Waals surface area contributed by atoms with Crippen molar-refractivity contribution in [2.24, 2.45) is 0 Å². The number of imidazole rings is 1. The van der Waals surface area contributed by atoms with Gasteiger partial charge in [-0.2, -0.15) is 13.2 Å². The number of hydrogen-bond donors (Lipinski definition) is 1. The van der Waals surface area contributed by atoms with Gasteiger partial charge in [-0.05, 0) is 37.6 Å². The molecule has 3 rings (SSSR count). The van der Waals surface area contributed by atoms with Crippen molar-refractivity contribution >= 4 is 17.2 Å². The number of alkyl halides is 3. The van der Waals surface area contributed by atoms with Crippen molar-refractivity contribution in [3.63, 3.8) is 0 Å². The first-order valence-electron chi connectivity index (χ1n) is 7.20. The summed E-state index contributed by atoms with van der Waals surface area (Å²) in [7, 11) is 0. The van der Waals surface area contributed by atoms with Crippen molar-refractivity contribution in [3.8, 4) is 0 Å². The molecule has 4 nitrogen and oxygen atoms in total. The minimum Gasteiger partial charge on any atom is -0.320 e. The van der Waals surface area contributed by atoms with E-state index in [1.54, 1.807) is 19.1 Å². The number of aromatic nitrogens is 2. The molecule has 0 aliphatic heterocycles. The number of nitrogens with zero attached hydrogens (tertiary/aromatic N) is 2. The number of hydrogen-bond acceptors (Lipinski definition) is 2. The molecule has 0 saturated carbocycles. The highest BCUT2D eigenvalue weighted by Gasteiger charge is 2.31. The first-order valence-corrected chi connectivity index (χ1v) is 7.20. The lowest BCUT2D eigenvalue weighted by Gasteiger charge is -2.10. The number of benzene rings is 1. The number of nitrogens with one attached hydrogen (secondary N) is 1. The van der Waals surface area contributed by atoms with Crippen LogP contribution in [-0.2, 0) is 6.18 Å². The van der Waals surface area contributed by atoms with Crippen molar-refractivity contribution < 1.29 is 18.0 Å². The first-order chi connectivity index (χ1) is 11.3. The van der Waals surface area contributed by atoms with Gasteiger partial charge in [0.05, 0.1) is 11.3 Å². The molecule has 1 amide bonds. The van der Waals surface area contributed by atoms with Crippen molar-refractivity contribution in [1.29, 1.82) is 0 Å². The van der Waals surface area contributed by atoms with Crippen LogP contribution in [0.25, 0.3) is 5.65 Å². The normalized spacial score (nSPS) is 11.7. The maximum atomic E-state index is 12.9. The summed E-state index contributed by atoms with van der Waals surface area (Å²) in [6.45, 7) is 3.42. The lowest BCUT2D eigenvalue weighted by Crippen LogP contribution is -2.17. The molecule has 0 radical (unpaired) electrons. The van der Waals surface area contributed by atoms with E-state index in [2.05, 4.69) is 10.3 Å². The summed E-state index contributed by atoms with van der Waals surface area (Å²) in [6, 6.07) is 9.36. The molecular weight excluding hydrogens is 319 g/mol. The SMILES string of the molecule is Cc1ccccc1NC(=O)c1c(C)nc2ccc(C(F)(F)F)cn12. The Hall–Kier alpha value is -2.83. The Labute approximate surface area is 135 Å². The molecule has 0 atom stereocenters. The van der Waals surface area contributed by atoms with Crippen molar-refractivity contribution in [2.75, 3.05) is 5.32 Å². The maximum absolute atomic E-state index is 12.9. The smallest absolute Gasteiger partial charge is 0.320 e. The zero-order valence-electron chi connectivity index (χ0n) is 13.0. The zero-order valence-corrected chi connectivity index (χ0v) is 13.0. The van der Waals surface area contributed by atoms with Gasteiger partial charge >= 0.3 is 6.18 Å². The summed E-state index contributed by atoms with van der Waals surface area (Å²) in [4.78, 5) is 16.7. The van der Waals surface area contributed by atoms with Gasteiger partial charge in [0.25, 0.3) is 5.91 Å². The molecule has 0 aliphatic rings. The van der Waals surface area contributed by atoms with Crippen LogP contribution in [0.5, 0.6) is 0 Å². The second kappa shape index (κ2) is 5.67. The molecule has 3 aromatic rings. The van der Waals surface area contributed by atoms with Gasteiger partial charge in [0.2, 0.25) is 0 Å². The van der Waals surface area contributed by atoms with Gasteiger partial charge in [-0.3, -0.25) is 9.20 Å². The zero-order chi connectivity index (χ0) is 17.5. The van der Waals surface area contributed by atoms with Gasteiger partial charge in [0.15, 0.2) is 0 Å². The Morgan fingerprint density at radius 3 is 2.50 bits per heavy atom. The predicted molar refractivity (Wildman–Crippen MR) is 84.1 cm³/mol. The third kappa shape index (κ3) is 2.84. The maximum Gasteiger partial charge on any atom is 0.417 e. The second-order valence-corrected chi connectivity index (χ2v) is 5.46. The van der Waals surface area contributed by atoms with Gasteiger partial charge in [-0.15, -0.1) is 0 Å². The Balaban J connectivity index is 2.06. The first kappa shape index (κ1) is 16.0. The van der Waals surface area contributed by atoms with Gasteiger partial charge in [-0.25, -0.2) is 4.98 Å². The third-order valence-electron chi connectivity index (χ3n) is 3.73. The fourth-order valence-electron chi connectivity index (χ4n) is 2.50. The van der Waals surface area contributed by atoms with Crippen LogP contribution in [0.4, 0.5) is 18.9 Å². The molecule has 0 unspecified atom stereocenters. The topological polar surface area (TPSA) is 46.4 Å². The highest BCUT2D eigenvalue weighted by atomic mass is 19.4. The molecule has 1 N–H and O–H groups in total. The minimum atomic E-state index is -4.49. The second-order valence-electron chi connectivity index (χ2n) is 5.46. The molecule has 24 heavy (non-hydrogen) atoms. The summed E-state index contributed by atoms with van der Waals surface area (Å²) in [6.07, 6.45) is -3.60. The average Bonchev–Trinajstić information content (AvgIpc) is 2.83. The molecule has 0 saturated heterocycles. The molecule has 0 aliphatic carbocycles. The van der Waals surface area contributed by atoms with Crippen LogP contribution in [0, 0.1) is 13.8 Å². The summed E-state index contributed by atoms with van der Waals surface area (Å²) in [5.74, 6) is -0.506. The lowest BCUT2D eigenvalue weighted by atomic mass is 10.2. The van der Waals surface area contributed by atoms with Crippen molar-refractivity contribution in [2.45, 2.75) is 20.0 Å². The number of carbonyl (C=O) groups excluding carboxylic acids is 1. The molecule has 0 fully saturated rings. The van der Waals surface area contributed by atoms with Crippen molar-refractivity contribution in [3.05, 3.63) is 65.1 Å². The summed E-state index contributed by atoms with van der Waals surface area (Å²) in [5.41, 5.74) is 1.35. The van der Waals surface area contributed by atoms with Crippen LogP contribution in [0.2, 0.25) is 0 Å². The highest BCUT2D eigenvalue weighted by Crippen LogP contribution is 2.30. The van der Waals surface area contributed by atoms with E-state index in [0.29, 0.717) is 11.4 Å². The fourth-order valence-corrected chi connectivity index (χ4v) is 2.50. The molecule has 2 heterocycles. The number of aryl methyl sites for hydroxylation is 2. The standard InChI is InChI=1S/C17H14F3N3O/c1-10-5-3-4-6-13(10)22-16(24)15-11(2)21-14-8-7-12(9-23(14)15)17(18,19)20/h3-9H,1-2H3,(H,22,24). The monoisotopic (exact) mass is 333 g/mol. The summed E-state index contributed by atoms with van der Waals surface area (Å²) < 4.78 is 39.9. The van der Waals surface area contributed by atoms with E-state index in [-0.39, 0.29) is 11.3 Å². The lowest BCUT2D eigenvalue weighted by molar-refractivity contribution is -0.137. The molecule has 124 valence electrons. The van der Waals surface area contributed by atoms with Crippen LogP contribution < -0.4 is 5.32 Å². The van der Waals surface area contributed by atoms with Gasteiger partial charge in [0.1, 0.15) is 11.3 Å². The Kier molecular flexibility index (Phi) is 3.79. The van der Waals surface area contributed by atoms with E-state index < -0.39 is 17.6 Å². The molecular formula is C17H14F3N3O. The van der Waals surface area contributed by atoms with Crippen LogP contribution >= 0.6 is 0 Å². The summed E-state index contributed by atoms with van der Waals surface area (Å²) >= 11 is 0. The minimum absolute atomic E-state index is 0.0827. The third-order valence-corrected chi connectivity index (χ3v) is 3.73. The molecule has 1 aromatic carbocycles. The van der Waals surface area contributed by atoms with Gasteiger partial charge in [-0.1, -0.05) is 18.2 Å². The number of pyridine rings is 1. The van der Waals surface area contributed by atoms with E-state index in [4.69, 9.17) is 0 Å². The van der Waals surface area contributed by atoms with Crippen LogP contribution in [0.15, 0.2) is 42.6 Å². The average molecular weight is 333 g/mol. The number of amides is 1. The molecule has 0 spiro atoms. The largest absolute Gasteiger partial charge is 0.417 e. The van der Waals surface area contributed by atoms with Crippen LogP contribution in [-0.4, -0.2) is 15.3 Å². The number of rotatable bonds is 2. The van der Waals surface area contributed by atoms with Gasteiger partial charge in [0, 0.05) is 11.9 Å². The van der Waals surface area contributed by atoms with Crippen molar-refractivity contribution in [1.82, 2.24) is 9.38 Å². The van der Waals surface area contributed by atoms with Crippen LogP contribution in [0.1, 0.15) is 27.3 Å². The molecule has 2 aromatic heterocycles. The highest BCUT2D eigenvalue weighted by molar-refractivity contribution is 6.04. The number of halogens is 3. The quantitative estimate of drug-likeness (QED) is 0.763. The van der Waals surface area contributed by atoms with Gasteiger partial charge < -0.3 is 5.32 Å². The number of anilines is 1.